The summed E-state index contributed by atoms with van der Waals surface area (Å²) in [6, 6.07) is 7.32. The first-order chi connectivity index (χ1) is 13.5. The van der Waals surface area contributed by atoms with E-state index in [2.05, 4.69) is 15.6 Å². The second-order valence-corrected chi connectivity index (χ2v) is 8.18. The molecule has 7 heteroatoms. The number of hydrogen-bond donors (Lipinski definition) is 2. The van der Waals surface area contributed by atoms with Crippen molar-refractivity contribution in [1.82, 2.24) is 15.3 Å². The first-order valence-electron chi connectivity index (χ1n) is 9.34. The molecule has 0 aliphatic heterocycles. The normalized spacial score (nSPS) is 13.5. The Morgan fingerprint density at radius 2 is 1.86 bits per heavy atom. The molecule has 2 N–H and O–H groups in total. The quantitative estimate of drug-likeness (QED) is 0.691. The number of carbonyl (C=O) groups is 2. The van der Waals surface area contributed by atoms with Gasteiger partial charge < -0.3 is 10.6 Å². The van der Waals surface area contributed by atoms with Crippen molar-refractivity contribution in [3.8, 4) is 0 Å². The molecule has 1 saturated carbocycles. The number of anilines is 1. The Kier molecular flexibility index (Phi) is 4.85. The van der Waals surface area contributed by atoms with E-state index in [0.717, 1.165) is 45.7 Å². The maximum absolute atomic E-state index is 12.8. The number of fused-ring (bicyclic) bond motifs is 1. The molecule has 2 heterocycles. The summed E-state index contributed by atoms with van der Waals surface area (Å²) in [5, 5.41) is 6.53. The van der Waals surface area contributed by atoms with Gasteiger partial charge in [-0.25, -0.2) is 9.97 Å². The van der Waals surface area contributed by atoms with E-state index in [4.69, 9.17) is 4.98 Å². The molecular weight excluding hydrogens is 372 g/mol. The highest BCUT2D eigenvalue weighted by atomic mass is 32.1. The van der Waals surface area contributed by atoms with Gasteiger partial charge in [0, 0.05) is 24.0 Å². The molecule has 0 bridgehead atoms. The minimum atomic E-state index is -0.146. The van der Waals surface area contributed by atoms with E-state index >= 15 is 0 Å². The molecule has 1 fully saturated rings. The molecule has 2 aromatic heterocycles. The first kappa shape index (κ1) is 18.6. The summed E-state index contributed by atoms with van der Waals surface area (Å²) in [5.41, 5.74) is 3.46. The van der Waals surface area contributed by atoms with E-state index in [9.17, 15) is 9.59 Å². The number of carbonyl (C=O) groups excluding carboxylic acids is 2. The van der Waals surface area contributed by atoms with Gasteiger partial charge in [-0.2, -0.15) is 0 Å². The van der Waals surface area contributed by atoms with Crippen molar-refractivity contribution < 1.29 is 9.59 Å². The molecule has 0 radical (unpaired) electrons. The molecule has 144 valence electrons. The molecule has 4 rings (SSSR count). The van der Waals surface area contributed by atoms with E-state index in [1.165, 1.54) is 11.3 Å². The Morgan fingerprint density at radius 3 is 2.50 bits per heavy atom. The Labute approximate surface area is 167 Å². The molecule has 1 aromatic carbocycles. The van der Waals surface area contributed by atoms with Crippen molar-refractivity contribution in [2.24, 2.45) is 0 Å². The van der Waals surface area contributed by atoms with Gasteiger partial charge >= 0.3 is 0 Å². The van der Waals surface area contributed by atoms with E-state index in [-0.39, 0.29) is 11.8 Å². The van der Waals surface area contributed by atoms with Gasteiger partial charge in [-0.1, -0.05) is 12.1 Å². The number of amides is 2. The highest BCUT2D eigenvalue weighted by Gasteiger charge is 2.28. The van der Waals surface area contributed by atoms with Gasteiger partial charge in [-0.15, -0.1) is 11.3 Å². The van der Waals surface area contributed by atoms with Crippen molar-refractivity contribution >= 4 is 39.1 Å². The van der Waals surface area contributed by atoms with Crippen LogP contribution in [0.4, 0.5) is 5.69 Å². The van der Waals surface area contributed by atoms with Crippen LogP contribution in [0.5, 0.6) is 0 Å². The largest absolute Gasteiger partial charge is 0.359 e. The van der Waals surface area contributed by atoms with E-state index in [1.54, 1.807) is 7.05 Å². The number of nitrogens with one attached hydrogen (secondary N) is 2. The number of aryl methyl sites for hydroxylation is 2. The second kappa shape index (κ2) is 7.31. The number of aromatic nitrogens is 2. The third-order valence-electron chi connectivity index (χ3n) is 4.99. The summed E-state index contributed by atoms with van der Waals surface area (Å²) in [6.45, 7) is 3.94. The average Bonchev–Trinajstić information content (AvgIpc) is 3.47. The molecule has 0 spiro atoms. The van der Waals surface area contributed by atoms with Crippen LogP contribution in [0.25, 0.3) is 10.2 Å². The van der Waals surface area contributed by atoms with Crippen LogP contribution in [0.2, 0.25) is 0 Å². The summed E-state index contributed by atoms with van der Waals surface area (Å²) < 4.78 is 0. The van der Waals surface area contributed by atoms with Crippen LogP contribution in [0.1, 0.15) is 51.1 Å². The van der Waals surface area contributed by atoms with Gasteiger partial charge in [0.1, 0.15) is 10.7 Å². The third kappa shape index (κ3) is 3.62. The summed E-state index contributed by atoms with van der Waals surface area (Å²) in [5.74, 6) is 1.20. The van der Waals surface area contributed by atoms with E-state index < -0.39 is 0 Å². The molecule has 0 atom stereocenters. The van der Waals surface area contributed by atoms with Crippen molar-refractivity contribution in [3.63, 3.8) is 0 Å². The maximum Gasteiger partial charge on any atom is 0.266 e. The molecular formula is C21H22N4O2S. The van der Waals surface area contributed by atoms with Crippen molar-refractivity contribution in [2.45, 2.75) is 39.0 Å². The second-order valence-electron chi connectivity index (χ2n) is 7.18. The number of rotatable bonds is 5. The van der Waals surface area contributed by atoms with Crippen LogP contribution < -0.4 is 10.6 Å². The van der Waals surface area contributed by atoms with Crippen LogP contribution in [-0.4, -0.2) is 28.8 Å². The predicted octanol–water partition coefficient (Wildman–Crippen LogP) is 3.73. The van der Waals surface area contributed by atoms with Crippen molar-refractivity contribution in [2.75, 3.05) is 12.4 Å². The van der Waals surface area contributed by atoms with Gasteiger partial charge in [0.2, 0.25) is 5.91 Å². The van der Waals surface area contributed by atoms with Crippen LogP contribution in [0, 0.1) is 13.8 Å². The summed E-state index contributed by atoms with van der Waals surface area (Å²) >= 11 is 1.42. The van der Waals surface area contributed by atoms with Crippen LogP contribution in [0.15, 0.2) is 24.3 Å². The molecule has 1 aliphatic rings. The third-order valence-corrected chi connectivity index (χ3v) is 6.18. The molecule has 2 amide bonds. The fourth-order valence-electron chi connectivity index (χ4n) is 3.27. The number of likely N-dealkylation sites (N-methyl/N-ethyl adjacent to an activating group) is 1. The molecule has 3 aromatic rings. The van der Waals surface area contributed by atoms with Crippen molar-refractivity contribution in [3.05, 3.63) is 51.8 Å². The van der Waals surface area contributed by atoms with E-state index in [0.29, 0.717) is 22.9 Å². The summed E-state index contributed by atoms with van der Waals surface area (Å²) in [6.07, 6.45) is 2.62. The van der Waals surface area contributed by atoms with Crippen LogP contribution in [0.3, 0.4) is 0 Å². The molecule has 0 saturated heterocycles. The van der Waals surface area contributed by atoms with Gasteiger partial charge in [-0.05, 0) is 49.9 Å². The Hall–Kier alpha value is -2.80. The summed E-state index contributed by atoms with van der Waals surface area (Å²) in [7, 11) is 1.62. The number of hydrogen-bond acceptors (Lipinski definition) is 5. The van der Waals surface area contributed by atoms with Gasteiger partial charge in [0.25, 0.3) is 5.91 Å². The maximum atomic E-state index is 12.8. The smallest absolute Gasteiger partial charge is 0.266 e. The van der Waals surface area contributed by atoms with Crippen molar-refractivity contribution in [1.29, 1.82) is 0 Å². The van der Waals surface area contributed by atoms with Gasteiger partial charge in [-0.3, -0.25) is 9.59 Å². The summed E-state index contributed by atoms with van der Waals surface area (Å²) in [4.78, 5) is 35.2. The lowest BCUT2D eigenvalue weighted by molar-refractivity contribution is -0.119. The Morgan fingerprint density at radius 1 is 1.14 bits per heavy atom. The topological polar surface area (TPSA) is 84.0 Å². The highest BCUT2D eigenvalue weighted by molar-refractivity contribution is 7.20. The fourth-order valence-corrected chi connectivity index (χ4v) is 4.40. The molecule has 0 unspecified atom stereocenters. The first-order valence-corrected chi connectivity index (χ1v) is 10.2. The Balaban J connectivity index is 1.56. The molecule has 28 heavy (non-hydrogen) atoms. The predicted molar refractivity (Wildman–Crippen MR) is 111 cm³/mol. The van der Waals surface area contributed by atoms with Gasteiger partial charge in [0.15, 0.2) is 0 Å². The molecule has 6 nitrogen and oxygen atoms in total. The van der Waals surface area contributed by atoms with E-state index in [1.807, 2.05) is 38.1 Å². The zero-order valence-corrected chi connectivity index (χ0v) is 16.9. The number of thiophene rings is 1. The minimum absolute atomic E-state index is 0.0419. The minimum Gasteiger partial charge on any atom is -0.359 e. The number of nitrogens with zero attached hydrogens (tertiary/aromatic N) is 2. The van der Waals surface area contributed by atoms with Crippen LogP contribution in [-0.2, 0) is 11.2 Å². The monoisotopic (exact) mass is 394 g/mol. The Bertz CT molecular complexity index is 1070. The highest BCUT2D eigenvalue weighted by Crippen LogP contribution is 2.40. The lowest BCUT2D eigenvalue weighted by Gasteiger charge is -2.06. The fraction of sp³-hybridized carbons (Fsp3) is 0.333. The zero-order chi connectivity index (χ0) is 19.8. The molecule has 1 aliphatic carbocycles. The SMILES string of the molecule is CNC(=O)Cc1ccc(NC(=O)c2sc3nc(C4CC4)nc(C)c3c2C)cc1. The lowest BCUT2D eigenvalue weighted by Crippen LogP contribution is -2.19. The number of benzene rings is 1. The van der Waals surface area contributed by atoms with Gasteiger partial charge in [0.05, 0.1) is 17.0 Å². The lowest BCUT2D eigenvalue weighted by atomic mass is 10.1. The standard InChI is InChI=1S/C21H22N4O2S/c1-11-17-12(2)23-19(14-6-7-14)25-21(17)28-18(11)20(27)24-15-8-4-13(5-9-15)10-16(26)22-3/h4-5,8-9,14H,6-7,10H2,1-3H3,(H,22,26)(H,24,27). The zero-order valence-electron chi connectivity index (χ0n) is 16.1. The van der Waals surface area contributed by atoms with Crippen LogP contribution >= 0.6 is 11.3 Å². The average molecular weight is 395 g/mol.